The van der Waals surface area contributed by atoms with Gasteiger partial charge >= 0.3 is 6.09 Å². The molecule has 2 aliphatic rings. The summed E-state index contributed by atoms with van der Waals surface area (Å²) in [5.41, 5.74) is -0.244. The summed E-state index contributed by atoms with van der Waals surface area (Å²) in [5.74, 6) is -2.76. The molecule has 21 heavy (non-hydrogen) atoms. The van der Waals surface area contributed by atoms with E-state index in [4.69, 9.17) is 4.74 Å². The summed E-state index contributed by atoms with van der Waals surface area (Å²) in [6.07, 6.45) is -0.202. The first-order chi connectivity index (χ1) is 10.0. The number of benzene rings is 1. The van der Waals surface area contributed by atoms with Crippen molar-refractivity contribution >= 4 is 6.09 Å². The van der Waals surface area contributed by atoms with Crippen LogP contribution in [0, 0.1) is 5.41 Å². The highest BCUT2D eigenvalue weighted by Crippen LogP contribution is 2.46. The van der Waals surface area contributed by atoms with Crippen LogP contribution < -0.4 is 5.32 Å². The van der Waals surface area contributed by atoms with E-state index in [0.29, 0.717) is 13.0 Å². The molecule has 0 bridgehead atoms. The Morgan fingerprint density at radius 2 is 2.05 bits per heavy atom. The number of nitrogens with zero attached hydrogens (tertiary/aromatic N) is 1. The molecule has 0 saturated carbocycles. The van der Waals surface area contributed by atoms with Crippen LogP contribution in [0.15, 0.2) is 30.3 Å². The number of hydrogen-bond acceptors (Lipinski definition) is 3. The minimum Gasteiger partial charge on any atom is -0.445 e. The number of carbonyl (C=O) groups is 1. The third-order valence-corrected chi connectivity index (χ3v) is 4.40. The van der Waals surface area contributed by atoms with Gasteiger partial charge in [-0.15, -0.1) is 0 Å². The number of amides is 1. The van der Waals surface area contributed by atoms with Gasteiger partial charge in [-0.25, -0.2) is 13.6 Å². The molecule has 1 N–H and O–H groups in total. The second kappa shape index (κ2) is 5.26. The average molecular weight is 296 g/mol. The number of hydrogen-bond donors (Lipinski definition) is 1. The van der Waals surface area contributed by atoms with Gasteiger partial charge in [0.15, 0.2) is 0 Å². The first kappa shape index (κ1) is 14.3. The van der Waals surface area contributed by atoms with Crippen LogP contribution in [0.5, 0.6) is 0 Å². The van der Waals surface area contributed by atoms with Crippen molar-refractivity contribution in [3.05, 3.63) is 35.9 Å². The first-order valence-electron chi connectivity index (χ1n) is 7.07. The van der Waals surface area contributed by atoms with E-state index in [1.54, 1.807) is 0 Å². The Balaban J connectivity index is 1.58. The highest BCUT2D eigenvalue weighted by molar-refractivity contribution is 5.68. The molecule has 3 rings (SSSR count). The van der Waals surface area contributed by atoms with Crippen molar-refractivity contribution < 1.29 is 18.3 Å². The SMILES string of the molecule is O=C(OCc1ccccc1)N1CCC2(CNCC2(F)F)C1. The summed E-state index contributed by atoms with van der Waals surface area (Å²) in [6.45, 7) is 0.492. The van der Waals surface area contributed by atoms with Crippen molar-refractivity contribution in [1.29, 1.82) is 0 Å². The third-order valence-electron chi connectivity index (χ3n) is 4.40. The molecule has 1 atom stereocenters. The monoisotopic (exact) mass is 296 g/mol. The predicted molar refractivity (Wildman–Crippen MR) is 73.1 cm³/mol. The lowest BCUT2D eigenvalue weighted by atomic mass is 9.83. The molecule has 0 radical (unpaired) electrons. The molecule has 2 aliphatic heterocycles. The second-order valence-electron chi connectivity index (χ2n) is 5.80. The third kappa shape index (κ3) is 2.60. The van der Waals surface area contributed by atoms with Crippen LogP contribution in [-0.4, -0.2) is 43.1 Å². The maximum absolute atomic E-state index is 14.0. The van der Waals surface area contributed by atoms with Crippen LogP contribution in [0.25, 0.3) is 0 Å². The van der Waals surface area contributed by atoms with Gasteiger partial charge < -0.3 is 15.0 Å². The summed E-state index contributed by atoms with van der Waals surface area (Å²) in [6, 6.07) is 9.31. The number of rotatable bonds is 2. The number of likely N-dealkylation sites (tertiary alicyclic amines) is 1. The summed E-state index contributed by atoms with van der Waals surface area (Å²) < 4.78 is 33.1. The largest absolute Gasteiger partial charge is 0.445 e. The van der Waals surface area contributed by atoms with E-state index in [9.17, 15) is 13.6 Å². The fourth-order valence-corrected chi connectivity index (χ4v) is 3.06. The smallest absolute Gasteiger partial charge is 0.410 e. The van der Waals surface area contributed by atoms with E-state index in [-0.39, 0.29) is 26.2 Å². The molecule has 1 unspecified atom stereocenters. The zero-order valence-corrected chi connectivity index (χ0v) is 11.6. The first-order valence-corrected chi connectivity index (χ1v) is 7.07. The lowest BCUT2D eigenvalue weighted by Gasteiger charge is -2.29. The van der Waals surface area contributed by atoms with E-state index >= 15 is 0 Å². The number of halogens is 2. The lowest BCUT2D eigenvalue weighted by Crippen LogP contribution is -2.43. The van der Waals surface area contributed by atoms with Gasteiger partial charge in [0.2, 0.25) is 0 Å². The normalized spacial score (nSPS) is 27.2. The van der Waals surface area contributed by atoms with Crippen LogP contribution in [0.4, 0.5) is 13.6 Å². The van der Waals surface area contributed by atoms with Gasteiger partial charge in [-0.3, -0.25) is 0 Å². The highest BCUT2D eigenvalue weighted by atomic mass is 19.3. The van der Waals surface area contributed by atoms with Crippen LogP contribution in [0.1, 0.15) is 12.0 Å². The van der Waals surface area contributed by atoms with E-state index in [0.717, 1.165) is 5.56 Å². The fourth-order valence-electron chi connectivity index (χ4n) is 3.06. The van der Waals surface area contributed by atoms with Crippen LogP contribution in [-0.2, 0) is 11.3 Å². The molecule has 2 heterocycles. The van der Waals surface area contributed by atoms with Crippen molar-refractivity contribution in [3.8, 4) is 0 Å². The minimum absolute atomic E-state index is 0.0562. The Kier molecular flexibility index (Phi) is 3.57. The second-order valence-corrected chi connectivity index (χ2v) is 5.80. The maximum atomic E-state index is 14.0. The summed E-state index contributed by atoms with van der Waals surface area (Å²) >= 11 is 0. The molecule has 0 aliphatic carbocycles. The zero-order chi connectivity index (χ0) is 14.9. The van der Waals surface area contributed by atoms with Crippen molar-refractivity contribution in [3.63, 3.8) is 0 Å². The molecule has 1 spiro atoms. The van der Waals surface area contributed by atoms with E-state index < -0.39 is 17.4 Å². The van der Waals surface area contributed by atoms with Crippen molar-refractivity contribution in [2.75, 3.05) is 26.2 Å². The van der Waals surface area contributed by atoms with Gasteiger partial charge in [0.05, 0.1) is 12.0 Å². The summed E-state index contributed by atoms with van der Waals surface area (Å²) in [5, 5.41) is 2.73. The van der Waals surface area contributed by atoms with Gasteiger partial charge in [0.1, 0.15) is 6.61 Å². The van der Waals surface area contributed by atoms with E-state index in [2.05, 4.69) is 5.32 Å². The number of ether oxygens (including phenoxy) is 1. The average Bonchev–Trinajstić information content (AvgIpc) is 3.03. The lowest BCUT2D eigenvalue weighted by molar-refractivity contribution is -0.0767. The topological polar surface area (TPSA) is 41.6 Å². The van der Waals surface area contributed by atoms with E-state index in [1.165, 1.54) is 4.90 Å². The Hall–Kier alpha value is -1.69. The molecular weight excluding hydrogens is 278 g/mol. The Morgan fingerprint density at radius 1 is 1.29 bits per heavy atom. The maximum Gasteiger partial charge on any atom is 0.410 e. The molecule has 1 aromatic carbocycles. The van der Waals surface area contributed by atoms with Crippen molar-refractivity contribution in [1.82, 2.24) is 10.2 Å². The standard InChI is InChI=1S/C15H18F2N2O2/c16-15(17)10-18-9-14(15)6-7-19(11-14)13(20)21-8-12-4-2-1-3-5-12/h1-5,18H,6-11H2. The Morgan fingerprint density at radius 3 is 2.71 bits per heavy atom. The van der Waals surface area contributed by atoms with Crippen LogP contribution in [0.3, 0.4) is 0 Å². The Labute approximate surface area is 122 Å². The molecule has 2 saturated heterocycles. The molecule has 114 valence electrons. The number of alkyl halides is 2. The van der Waals surface area contributed by atoms with Crippen LogP contribution >= 0.6 is 0 Å². The molecule has 1 amide bonds. The molecular formula is C15H18F2N2O2. The summed E-state index contributed by atoms with van der Waals surface area (Å²) in [4.78, 5) is 13.4. The molecule has 1 aromatic rings. The van der Waals surface area contributed by atoms with Crippen molar-refractivity contribution in [2.24, 2.45) is 5.41 Å². The Bertz CT molecular complexity index is 524. The van der Waals surface area contributed by atoms with Crippen LogP contribution in [0.2, 0.25) is 0 Å². The van der Waals surface area contributed by atoms with Crippen molar-refractivity contribution in [2.45, 2.75) is 19.0 Å². The van der Waals surface area contributed by atoms with E-state index in [1.807, 2.05) is 30.3 Å². The zero-order valence-electron chi connectivity index (χ0n) is 11.6. The molecule has 0 aromatic heterocycles. The van der Waals surface area contributed by atoms with Gasteiger partial charge in [-0.1, -0.05) is 30.3 Å². The molecule has 4 nitrogen and oxygen atoms in total. The highest BCUT2D eigenvalue weighted by Gasteiger charge is 2.60. The predicted octanol–water partition coefficient (Wildman–Crippen LogP) is 2.25. The van der Waals surface area contributed by atoms with Gasteiger partial charge in [0.25, 0.3) is 5.92 Å². The van der Waals surface area contributed by atoms with Gasteiger partial charge in [-0.2, -0.15) is 0 Å². The minimum atomic E-state index is -2.76. The fraction of sp³-hybridized carbons (Fsp3) is 0.533. The molecule has 2 fully saturated rings. The van der Waals surface area contributed by atoms with Gasteiger partial charge in [0, 0.05) is 19.6 Å². The quantitative estimate of drug-likeness (QED) is 0.910. The summed E-state index contributed by atoms with van der Waals surface area (Å²) in [7, 11) is 0. The molecule has 6 heteroatoms. The number of nitrogens with one attached hydrogen (secondary N) is 1. The number of carbonyl (C=O) groups excluding carboxylic acids is 1. The van der Waals surface area contributed by atoms with Gasteiger partial charge in [-0.05, 0) is 12.0 Å².